The lowest BCUT2D eigenvalue weighted by atomic mass is 9.30. The van der Waals surface area contributed by atoms with E-state index in [0.717, 1.165) is 50.5 Å². The lowest BCUT2D eigenvalue weighted by molar-refractivity contribution is 0.246. The molecular weight excluding hydrogens is 549 g/mol. The summed E-state index contributed by atoms with van der Waals surface area (Å²) in [4.78, 5) is 4.29. The molecule has 0 amide bonds. The average Bonchev–Trinajstić information content (AvgIpc) is 3.12. The maximum Gasteiger partial charge on any atom is 0.234 e. The summed E-state index contributed by atoms with van der Waals surface area (Å²) in [5.74, 6) is 2.82. The molecule has 9 rings (SSSR count). The Morgan fingerprint density at radius 3 is 2.09 bits per heavy atom. The Morgan fingerprint density at radius 2 is 1.31 bits per heavy atom. The van der Waals surface area contributed by atoms with Gasteiger partial charge in [-0.1, -0.05) is 115 Å². The van der Waals surface area contributed by atoms with E-state index in [1.165, 1.54) is 22.2 Å². The quantitative estimate of drug-likeness (QED) is 0.197. The Balaban J connectivity index is 1.18. The van der Waals surface area contributed by atoms with Crippen LogP contribution in [0.25, 0.3) is 39.0 Å². The fraction of sp³-hybridized carbons (Fsp3) is 0.0488. The largest absolute Gasteiger partial charge is 0.487 e. The van der Waals surface area contributed by atoms with Crippen LogP contribution in [-0.4, -0.2) is 17.8 Å². The van der Waals surface area contributed by atoms with Gasteiger partial charge in [0.1, 0.15) is 23.4 Å². The number of hydrogen-bond acceptors (Lipinski definition) is 3. The third-order valence-electron chi connectivity index (χ3n) is 9.30. The summed E-state index contributed by atoms with van der Waals surface area (Å²) in [7, 11) is 0. The highest BCUT2D eigenvalue weighted by Gasteiger charge is 2.47. The van der Waals surface area contributed by atoms with Crippen LogP contribution in [0.2, 0.25) is 5.82 Å². The summed E-state index contributed by atoms with van der Waals surface area (Å²) in [5.41, 5.74) is 11.4. The van der Waals surface area contributed by atoms with Crippen molar-refractivity contribution in [3.63, 3.8) is 0 Å². The Morgan fingerprint density at radius 1 is 0.600 bits per heavy atom. The highest BCUT2D eigenvalue weighted by atomic mass is 16.5. The second-order valence-electron chi connectivity index (χ2n) is 11.9. The van der Waals surface area contributed by atoms with Crippen LogP contribution in [0.1, 0.15) is 5.56 Å². The van der Waals surface area contributed by atoms with Crippen LogP contribution >= 0.6 is 0 Å². The number of ether oxygens (including phenoxy) is 2. The zero-order chi connectivity index (χ0) is 29.7. The highest BCUT2D eigenvalue weighted by molar-refractivity contribution is 6.89. The Labute approximate surface area is 263 Å². The molecule has 0 bridgehead atoms. The first kappa shape index (κ1) is 25.9. The molecule has 5 aromatic carbocycles. The smallest absolute Gasteiger partial charge is 0.234 e. The number of rotatable bonds is 4. The van der Waals surface area contributed by atoms with Gasteiger partial charge in [-0.05, 0) is 74.8 Å². The summed E-state index contributed by atoms with van der Waals surface area (Å²) in [6.07, 6.45) is 10.5. The first-order chi connectivity index (χ1) is 22.3. The van der Waals surface area contributed by atoms with E-state index in [2.05, 4.69) is 145 Å². The number of allylic oxidation sites excluding steroid dienone is 2. The van der Waals surface area contributed by atoms with Crippen molar-refractivity contribution in [1.82, 2.24) is 4.98 Å². The van der Waals surface area contributed by atoms with E-state index in [1.54, 1.807) is 6.20 Å². The van der Waals surface area contributed by atoms with E-state index < -0.39 is 0 Å². The summed E-state index contributed by atoms with van der Waals surface area (Å²) in [6.45, 7) is 0.0989. The van der Waals surface area contributed by atoms with Gasteiger partial charge in [-0.15, -0.1) is 0 Å². The van der Waals surface area contributed by atoms with Crippen LogP contribution in [0.5, 0.6) is 17.2 Å². The lowest BCUT2D eigenvalue weighted by Gasteiger charge is -2.41. The maximum atomic E-state index is 6.93. The van der Waals surface area contributed by atoms with Crippen molar-refractivity contribution in [3.05, 3.63) is 164 Å². The highest BCUT2D eigenvalue weighted by Crippen LogP contribution is 2.45. The third kappa shape index (κ3) is 4.41. The number of benzene rings is 5. The molecule has 3 aliphatic rings. The Kier molecular flexibility index (Phi) is 6.05. The van der Waals surface area contributed by atoms with E-state index in [1.807, 2.05) is 12.3 Å². The van der Waals surface area contributed by atoms with Gasteiger partial charge in [-0.25, -0.2) is 0 Å². The summed E-state index contributed by atoms with van der Waals surface area (Å²) >= 11 is 0. The molecule has 0 saturated heterocycles. The van der Waals surface area contributed by atoms with Crippen LogP contribution in [0.4, 0.5) is 0 Å². The summed E-state index contributed by atoms with van der Waals surface area (Å²) in [5, 5.41) is 0. The van der Waals surface area contributed by atoms with Crippen molar-refractivity contribution >= 4 is 23.2 Å². The maximum absolute atomic E-state index is 6.93. The van der Waals surface area contributed by atoms with Gasteiger partial charge >= 0.3 is 0 Å². The van der Waals surface area contributed by atoms with Crippen LogP contribution < -0.4 is 20.4 Å². The van der Waals surface area contributed by atoms with Crippen LogP contribution in [0, 0.1) is 0 Å². The first-order valence-electron chi connectivity index (χ1n) is 15.5. The topological polar surface area (TPSA) is 31.4 Å². The number of hydrogen-bond donors (Lipinski definition) is 0. The van der Waals surface area contributed by atoms with Crippen LogP contribution in [-0.2, 0) is 0 Å². The Hall–Kier alpha value is -5.61. The van der Waals surface area contributed by atoms with Crippen molar-refractivity contribution < 1.29 is 9.47 Å². The van der Waals surface area contributed by atoms with Crippen molar-refractivity contribution in [1.29, 1.82) is 0 Å². The minimum absolute atomic E-state index is 0.0834. The lowest BCUT2D eigenvalue weighted by Crippen LogP contribution is -2.56. The second kappa shape index (κ2) is 10.5. The molecular formula is C41H28BNO2. The molecule has 1 aliphatic carbocycles. The Bertz CT molecular complexity index is 2110. The molecule has 0 fully saturated rings. The van der Waals surface area contributed by atoms with Gasteiger partial charge in [-0.3, -0.25) is 4.98 Å². The number of pyridine rings is 1. The van der Waals surface area contributed by atoms with E-state index in [9.17, 15) is 0 Å². The van der Waals surface area contributed by atoms with E-state index in [4.69, 9.17) is 9.47 Å². The molecule has 2 unspecified atom stereocenters. The van der Waals surface area contributed by atoms with Crippen molar-refractivity contribution in [2.45, 2.75) is 11.9 Å². The molecule has 3 nitrogen and oxygen atoms in total. The van der Waals surface area contributed by atoms with E-state index >= 15 is 0 Å². The summed E-state index contributed by atoms with van der Waals surface area (Å²) < 4.78 is 13.7. The van der Waals surface area contributed by atoms with E-state index in [-0.39, 0.29) is 18.6 Å². The van der Waals surface area contributed by atoms with Gasteiger partial charge in [0, 0.05) is 29.2 Å². The molecule has 45 heavy (non-hydrogen) atoms. The standard InChI is InChI=1S/C41H28BNO2/c1-3-8-27(9-4-1)31-17-20-35-38(24-31)44-37-22-19-34(30-15-13-29(14-16-30)33-12-7-23-43-26-33)41-40(37)42(35)36-21-18-32(25-39(36)45-41)28-10-5-2-6-11-28/h1-26,35,38H. The zero-order valence-corrected chi connectivity index (χ0v) is 24.5. The fourth-order valence-corrected chi connectivity index (χ4v) is 7.10. The summed E-state index contributed by atoms with van der Waals surface area (Å²) in [6, 6.07) is 44.8. The molecule has 1 aromatic heterocycles. The number of aromatic nitrogens is 1. The molecule has 2 aliphatic heterocycles. The molecule has 6 aromatic rings. The zero-order valence-electron chi connectivity index (χ0n) is 24.5. The van der Waals surface area contributed by atoms with Gasteiger partial charge in [0.25, 0.3) is 0 Å². The molecule has 0 N–H and O–H groups in total. The number of nitrogens with zero attached hydrogens (tertiary/aromatic N) is 1. The van der Waals surface area contributed by atoms with Gasteiger partial charge < -0.3 is 9.47 Å². The predicted octanol–water partition coefficient (Wildman–Crippen LogP) is 8.58. The van der Waals surface area contributed by atoms with Crippen molar-refractivity contribution in [3.8, 4) is 50.6 Å². The van der Waals surface area contributed by atoms with Gasteiger partial charge in [0.15, 0.2) is 0 Å². The van der Waals surface area contributed by atoms with E-state index in [0.29, 0.717) is 0 Å². The van der Waals surface area contributed by atoms with Gasteiger partial charge in [0.2, 0.25) is 6.71 Å². The molecule has 0 spiro atoms. The van der Waals surface area contributed by atoms with Crippen LogP contribution in [0.15, 0.2) is 158 Å². The molecule has 212 valence electrons. The molecule has 4 heteroatoms. The molecule has 0 radical (unpaired) electrons. The monoisotopic (exact) mass is 577 g/mol. The second-order valence-corrected chi connectivity index (χ2v) is 11.9. The van der Waals surface area contributed by atoms with Crippen molar-refractivity contribution in [2.75, 3.05) is 0 Å². The van der Waals surface area contributed by atoms with Gasteiger partial charge in [-0.2, -0.15) is 0 Å². The van der Waals surface area contributed by atoms with Crippen LogP contribution in [0.3, 0.4) is 0 Å². The first-order valence-corrected chi connectivity index (χ1v) is 15.5. The minimum atomic E-state index is -0.0834. The minimum Gasteiger partial charge on any atom is -0.487 e. The molecule has 3 heterocycles. The predicted molar refractivity (Wildman–Crippen MR) is 184 cm³/mol. The molecule has 0 saturated carbocycles. The van der Waals surface area contributed by atoms with Crippen molar-refractivity contribution in [2.24, 2.45) is 0 Å². The third-order valence-corrected chi connectivity index (χ3v) is 9.30. The number of fused-ring (bicyclic) bond motifs is 4. The average molecular weight is 577 g/mol. The normalized spacial score (nSPS) is 17.2. The SMILES string of the molecule is C1=CC2B3c4ccc(-c5ccccc5)cc4Oc4c(-c5ccc(-c6cccnc6)cc5)ccc(c43)OC2C=C1c1ccccc1. The fourth-order valence-electron chi connectivity index (χ4n) is 7.10. The molecule has 2 atom stereocenters. The van der Waals surface area contributed by atoms with Gasteiger partial charge in [0.05, 0.1) is 0 Å².